The first-order valence-electron chi connectivity index (χ1n) is 6.94. The molecule has 104 valence electrons. The quantitative estimate of drug-likeness (QED) is 0.733. The minimum Gasteiger partial charge on any atom is -0.508 e. The minimum atomic E-state index is -0.104. The predicted octanol–water partition coefficient (Wildman–Crippen LogP) is 2.42. The Kier molecular flexibility index (Phi) is 4.43. The highest BCUT2D eigenvalue weighted by Crippen LogP contribution is 2.22. The number of rotatable bonds is 3. The van der Waals surface area contributed by atoms with Crippen molar-refractivity contribution in [2.24, 2.45) is 5.92 Å². The van der Waals surface area contributed by atoms with E-state index in [1.54, 1.807) is 18.2 Å². The predicted molar refractivity (Wildman–Crippen MR) is 76.3 cm³/mol. The molecule has 4 nitrogen and oxygen atoms in total. The maximum absolute atomic E-state index is 12.2. The molecule has 2 rings (SSSR count). The van der Waals surface area contributed by atoms with Crippen LogP contribution < -0.4 is 10.6 Å². The summed E-state index contributed by atoms with van der Waals surface area (Å²) in [5, 5.41) is 15.6. The number of piperidine rings is 1. The summed E-state index contributed by atoms with van der Waals surface area (Å²) >= 11 is 0. The summed E-state index contributed by atoms with van der Waals surface area (Å²) in [6.07, 6.45) is 3.18. The minimum absolute atomic E-state index is 0.0169. The third-order valence-electron chi connectivity index (χ3n) is 3.87. The monoisotopic (exact) mass is 262 g/mol. The molecule has 1 aromatic carbocycles. The summed E-state index contributed by atoms with van der Waals surface area (Å²) in [4.78, 5) is 12.2. The fraction of sp³-hybridized carbons (Fsp3) is 0.533. The molecule has 1 aliphatic rings. The van der Waals surface area contributed by atoms with E-state index in [0.717, 1.165) is 37.1 Å². The zero-order chi connectivity index (χ0) is 13.8. The molecule has 0 saturated carbocycles. The maximum Gasteiger partial charge on any atom is 0.241 e. The number of nitrogens with one attached hydrogen (secondary N) is 2. The van der Waals surface area contributed by atoms with Gasteiger partial charge in [-0.05, 0) is 56.0 Å². The van der Waals surface area contributed by atoms with Crippen LogP contribution in [0.2, 0.25) is 0 Å². The number of phenols is 1. The average molecular weight is 262 g/mol. The molecule has 2 atom stereocenters. The molecule has 0 radical (unpaired) electrons. The van der Waals surface area contributed by atoms with E-state index in [0.29, 0.717) is 5.92 Å². The van der Waals surface area contributed by atoms with Crippen LogP contribution in [0, 0.1) is 12.8 Å². The highest BCUT2D eigenvalue weighted by atomic mass is 16.3. The van der Waals surface area contributed by atoms with Gasteiger partial charge in [-0.1, -0.05) is 13.3 Å². The summed E-state index contributed by atoms with van der Waals surface area (Å²) in [6.45, 7) is 4.90. The van der Waals surface area contributed by atoms with Crippen molar-refractivity contribution < 1.29 is 9.90 Å². The zero-order valence-electron chi connectivity index (χ0n) is 11.6. The largest absolute Gasteiger partial charge is 0.508 e. The Morgan fingerprint density at radius 3 is 3.00 bits per heavy atom. The van der Waals surface area contributed by atoms with Crippen LogP contribution in [0.3, 0.4) is 0 Å². The maximum atomic E-state index is 12.2. The molecule has 1 aliphatic heterocycles. The fourth-order valence-electron chi connectivity index (χ4n) is 2.53. The van der Waals surface area contributed by atoms with Gasteiger partial charge in [0.25, 0.3) is 0 Å². The Hall–Kier alpha value is -1.55. The first-order chi connectivity index (χ1) is 9.10. The first-order valence-corrected chi connectivity index (χ1v) is 6.94. The number of anilines is 1. The standard InChI is InChI=1S/C15H22N2O2/c1-3-11-6-7-16-13(9-11)15(19)17-12-4-5-14(18)10(2)8-12/h4-5,8,11,13,16,18H,3,6-7,9H2,1-2H3,(H,17,19). The van der Waals surface area contributed by atoms with E-state index in [2.05, 4.69) is 17.6 Å². The molecule has 1 heterocycles. The Morgan fingerprint density at radius 1 is 1.53 bits per heavy atom. The zero-order valence-corrected chi connectivity index (χ0v) is 11.6. The lowest BCUT2D eigenvalue weighted by molar-refractivity contribution is -0.119. The van der Waals surface area contributed by atoms with Gasteiger partial charge in [0.1, 0.15) is 5.75 Å². The van der Waals surface area contributed by atoms with Crippen LogP contribution in [0.5, 0.6) is 5.75 Å². The van der Waals surface area contributed by atoms with E-state index in [4.69, 9.17) is 0 Å². The summed E-state index contributed by atoms with van der Waals surface area (Å²) < 4.78 is 0. The molecule has 3 N–H and O–H groups in total. The van der Waals surface area contributed by atoms with Crippen LogP contribution >= 0.6 is 0 Å². The Morgan fingerprint density at radius 2 is 2.32 bits per heavy atom. The lowest BCUT2D eigenvalue weighted by Crippen LogP contribution is -2.46. The molecule has 1 saturated heterocycles. The van der Waals surface area contributed by atoms with Crippen LogP contribution in [0.15, 0.2) is 18.2 Å². The van der Waals surface area contributed by atoms with Crippen LogP contribution in [-0.2, 0) is 4.79 Å². The number of phenolic OH excluding ortho intramolecular Hbond substituents is 1. The SMILES string of the molecule is CCC1CCNC(C(=O)Nc2ccc(O)c(C)c2)C1. The molecule has 1 fully saturated rings. The van der Waals surface area contributed by atoms with E-state index >= 15 is 0 Å². The highest BCUT2D eigenvalue weighted by Gasteiger charge is 2.25. The number of carbonyl (C=O) groups is 1. The van der Waals surface area contributed by atoms with Gasteiger partial charge in [0.05, 0.1) is 6.04 Å². The number of amides is 1. The number of aryl methyl sites for hydroxylation is 1. The van der Waals surface area contributed by atoms with Gasteiger partial charge in [-0.2, -0.15) is 0 Å². The van der Waals surface area contributed by atoms with Gasteiger partial charge >= 0.3 is 0 Å². The molecule has 0 aromatic heterocycles. The topological polar surface area (TPSA) is 61.4 Å². The molecule has 0 spiro atoms. The Bertz CT molecular complexity index is 459. The lowest BCUT2D eigenvalue weighted by Gasteiger charge is -2.28. The smallest absolute Gasteiger partial charge is 0.241 e. The first kappa shape index (κ1) is 13.9. The number of hydrogen-bond acceptors (Lipinski definition) is 3. The molecular weight excluding hydrogens is 240 g/mol. The number of hydrogen-bond donors (Lipinski definition) is 3. The molecule has 0 bridgehead atoms. The molecule has 2 unspecified atom stereocenters. The summed E-state index contributed by atoms with van der Waals surface area (Å²) in [6, 6.07) is 5.01. The van der Waals surface area contributed by atoms with Crippen LogP contribution in [-0.4, -0.2) is 23.6 Å². The van der Waals surface area contributed by atoms with Crippen molar-refractivity contribution in [3.05, 3.63) is 23.8 Å². The summed E-state index contributed by atoms with van der Waals surface area (Å²) in [5.74, 6) is 0.904. The lowest BCUT2D eigenvalue weighted by atomic mass is 9.90. The summed E-state index contributed by atoms with van der Waals surface area (Å²) in [7, 11) is 0. The molecule has 0 aliphatic carbocycles. The van der Waals surface area contributed by atoms with Crippen molar-refractivity contribution in [3.8, 4) is 5.75 Å². The van der Waals surface area contributed by atoms with Crippen molar-refractivity contribution in [2.75, 3.05) is 11.9 Å². The van der Waals surface area contributed by atoms with E-state index in [9.17, 15) is 9.90 Å². The molecular formula is C15H22N2O2. The third-order valence-corrected chi connectivity index (χ3v) is 3.87. The fourth-order valence-corrected chi connectivity index (χ4v) is 2.53. The van der Waals surface area contributed by atoms with Crippen molar-refractivity contribution in [1.82, 2.24) is 5.32 Å². The van der Waals surface area contributed by atoms with Crippen LogP contribution in [0.4, 0.5) is 5.69 Å². The molecule has 4 heteroatoms. The molecule has 1 aromatic rings. The van der Waals surface area contributed by atoms with Crippen molar-refractivity contribution in [3.63, 3.8) is 0 Å². The molecule has 19 heavy (non-hydrogen) atoms. The van der Waals surface area contributed by atoms with Crippen molar-refractivity contribution in [1.29, 1.82) is 0 Å². The highest BCUT2D eigenvalue weighted by molar-refractivity contribution is 5.95. The second-order valence-electron chi connectivity index (χ2n) is 5.30. The summed E-state index contributed by atoms with van der Waals surface area (Å²) in [5.41, 5.74) is 1.50. The number of benzene rings is 1. The third kappa shape index (κ3) is 3.47. The van der Waals surface area contributed by atoms with Gasteiger partial charge in [0.15, 0.2) is 0 Å². The van der Waals surface area contributed by atoms with Gasteiger partial charge in [0.2, 0.25) is 5.91 Å². The van der Waals surface area contributed by atoms with Gasteiger partial charge in [0, 0.05) is 5.69 Å². The van der Waals surface area contributed by atoms with Crippen LogP contribution in [0.25, 0.3) is 0 Å². The van der Waals surface area contributed by atoms with Crippen LogP contribution in [0.1, 0.15) is 31.7 Å². The van der Waals surface area contributed by atoms with E-state index < -0.39 is 0 Å². The van der Waals surface area contributed by atoms with Gasteiger partial charge in [-0.25, -0.2) is 0 Å². The van der Waals surface area contributed by atoms with Gasteiger partial charge < -0.3 is 15.7 Å². The number of carbonyl (C=O) groups excluding carboxylic acids is 1. The second-order valence-corrected chi connectivity index (χ2v) is 5.30. The number of aromatic hydroxyl groups is 1. The van der Waals surface area contributed by atoms with Gasteiger partial charge in [-0.3, -0.25) is 4.79 Å². The van der Waals surface area contributed by atoms with Crippen molar-refractivity contribution in [2.45, 2.75) is 39.2 Å². The van der Waals surface area contributed by atoms with Crippen molar-refractivity contribution >= 4 is 11.6 Å². The average Bonchev–Trinajstić information content (AvgIpc) is 2.43. The Labute approximate surface area is 114 Å². The van der Waals surface area contributed by atoms with E-state index in [1.807, 2.05) is 6.92 Å². The molecule has 1 amide bonds. The Balaban J connectivity index is 1.98. The van der Waals surface area contributed by atoms with E-state index in [-0.39, 0.29) is 17.7 Å². The van der Waals surface area contributed by atoms with E-state index in [1.165, 1.54) is 0 Å². The normalized spacial score (nSPS) is 23.1. The second kappa shape index (κ2) is 6.06. The van der Waals surface area contributed by atoms with Gasteiger partial charge in [-0.15, -0.1) is 0 Å².